The second kappa shape index (κ2) is 4.37. The molecule has 76 valence electrons. The van der Waals surface area contributed by atoms with Crippen molar-refractivity contribution in [2.24, 2.45) is 5.92 Å². The summed E-state index contributed by atoms with van der Waals surface area (Å²) in [5, 5.41) is 3.37. The molecule has 4 heteroatoms. The first-order valence-electron chi connectivity index (χ1n) is 5.09. The predicted octanol–water partition coefficient (Wildman–Crippen LogP) is 0.312. The van der Waals surface area contributed by atoms with Crippen LogP contribution in [0.1, 0.15) is 18.4 Å². The molecule has 1 aliphatic rings. The van der Waals surface area contributed by atoms with Crippen LogP contribution in [0.5, 0.6) is 0 Å². The number of nitrogens with zero attached hydrogens (tertiary/aromatic N) is 1. The summed E-state index contributed by atoms with van der Waals surface area (Å²) in [6, 6.07) is 0. The highest BCUT2D eigenvalue weighted by Gasteiger charge is 2.13. The fraction of sp³-hybridized carbons (Fsp3) is 0.600. The molecule has 2 rings (SSSR count). The molecule has 1 fully saturated rings. The summed E-state index contributed by atoms with van der Waals surface area (Å²) in [4.78, 5) is 17.1. The van der Waals surface area contributed by atoms with Crippen molar-refractivity contribution in [2.45, 2.75) is 19.3 Å². The van der Waals surface area contributed by atoms with Crippen LogP contribution in [0.25, 0.3) is 0 Å². The van der Waals surface area contributed by atoms with Gasteiger partial charge in [-0.15, -0.1) is 0 Å². The summed E-state index contributed by atoms with van der Waals surface area (Å²) in [5.74, 6) is 0.691. The second-order valence-corrected chi connectivity index (χ2v) is 3.84. The summed E-state index contributed by atoms with van der Waals surface area (Å²) in [6.45, 7) is 2.22. The molecule has 2 N–H and O–H groups in total. The van der Waals surface area contributed by atoms with Gasteiger partial charge in [-0.2, -0.15) is 0 Å². The Morgan fingerprint density at radius 2 is 2.50 bits per heavy atom. The highest BCUT2D eigenvalue weighted by Crippen LogP contribution is 2.14. The first-order chi connectivity index (χ1) is 6.84. The summed E-state index contributed by atoms with van der Waals surface area (Å²) >= 11 is 0. The van der Waals surface area contributed by atoms with Crippen molar-refractivity contribution in [3.05, 3.63) is 28.4 Å². The first-order valence-corrected chi connectivity index (χ1v) is 5.09. The molecule has 14 heavy (non-hydrogen) atoms. The van der Waals surface area contributed by atoms with Gasteiger partial charge in [-0.1, -0.05) is 0 Å². The van der Waals surface area contributed by atoms with Crippen LogP contribution in [0.2, 0.25) is 0 Å². The van der Waals surface area contributed by atoms with E-state index in [1.165, 1.54) is 12.8 Å². The molecule has 1 saturated heterocycles. The Bertz CT molecular complexity index is 321. The van der Waals surface area contributed by atoms with E-state index in [2.05, 4.69) is 15.3 Å². The van der Waals surface area contributed by atoms with Crippen LogP contribution in [0.3, 0.4) is 0 Å². The highest BCUT2D eigenvalue weighted by atomic mass is 16.1. The number of hydrogen-bond donors (Lipinski definition) is 2. The van der Waals surface area contributed by atoms with E-state index < -0.39 is 0 Å². The third-order valence-corrected chi connectivity index (χ3v) is 2.65. The number of aromatic amines is 1. The molecule has 0 bridgehead atoms. The largest absolute Gasteiger partial charge is 0.344 e. The van der Waals surface area contributed by atoms with Gasteiger partial charge < -0.3 is 10.3 Å². The molecule has 2 heterocycles. The topological polar surface area (TPSA) is 57.8 Å². The fourth-order valence-corrected chi connectivity index (χ4v) is 1.91. The van der Waals surface area contributed by atoms with Crippen molar-refractivity contribution in [1.29, 1.82) is 0 Å². The summed E-state index contributed by atoms with van der Waals surface area (Å²) < 4.78 is 0. The average molecular weight is 193 g/mol. The molecule has 1 atom stereocenters. The summed E-state index contributed by atoms with van der Waals surface area (Å²) in [7, 11) is 0. The van der Waals surface area contributed by atoms with Crippen molar-refractivity contribution in [1.82, 2.24) is 15.3 Å². The van der Waals surface area contributed by atoms with Gasteiger partial charge in [0.05, 0.1) is 0 Å². The van der Waals surface area contributed by atoms with Gasteiger partial charge in [-0.3, -0.25) is 0 Å². The molecule has 0 amide bonds. The maximum absolute atomic E-state index is 10.7. The molecule has 0 spiro atoms. The number of rotatable bonds is 2. The highest BCUT2D eigenvalue weighted by molar-refractivity contribution is 5.04. The van der Waals surface area contributed by atoms with Crippen LogP contribution in [-0.2, 0) is 6.42 Å². The molecule has 0 radical (unpaired) electrons. The monoisotopic (exact) mass is 193 g/mol. The van der Waals surface area contributed by atoms with E-state index in [-0.39, 0.29) is 5.69 Å². The fourth-order valence-electron chi connectivity index (χ4n) is 1.91. The quantitative estimate of drug-likeness (QED) is 0.710. The minimum atomic E-state index is -0.268. The first kappa shape index (κ1) is 9.40. The maximum atomic E-state index is 10.7. The number of hydrogen-bond acceptors (Lipinski definition) is 3. The normalized spacial score (nSPS) is 22.1. The zero-order valence-corrected chi connectivity index (χ0v) is 8.12. The Balaban J connectivity index is 1.96. The molecule has 0 saturated carbocycles. The molecule has 1 aromatic heterocycles. The zero-order valence-electron chi connectivity index (χ0n) is 8.12. The van der Waals surface area contributed by atoms with Crippen LogP contribution >= 0.6 is 0 Å². The minimum Gasteiger partial charge on any atom is -0.316 e. The predicted molar refractivity (Wildman–Crippen MR) is 54.2 cm³/mol. The van der Waals surface area contributed by atoms with Gasteiger partial charge in [0.1, 0.15) is 0 Å². The van der Waals surface area contributed by atoms with Crippen molar-refractivity contribution in [3.8, 4) is 0 Å². The van der Waals surface area contributed by atoms with Gasteiger partial charge in [0.25, 0.3) is 0 Å². The summed E-state index contributed by atoms with van der Waals surface area (Å²) in [5.41, 5.74) is 0.855. The van der Waals surface area contributed by atoms with Crippen molar-refractivity contribution < 1.29 is 0 Å². The minimum absolute atomic E-state index is 0.268. The van der Waals surface area contributed by atoms with E-state index in [0.717, 1.165) is 25.1 Å². The van der Waals surface area contributed by atoms with E-state index >= 15 is 0 Å². The number of H-pyrrole nitrogens is 1. The van der Waals surface area contributed by atoms with E-state index in [4.69, 9.17) is 0 Å². The average Bonchev–Trinajstić information content (AvgIpc) is 2.23. The lowest BCUT2D eigenvalue weighted by molar-refractivity contribution is 0.375. The van der Waals surface area contributed by atoms with Gasteiger partial charge >= 0.3 is 5.69 Å². The van der Waals surface area contributed by atoms with Crippen molar-refractivity contribution in [2.75, 3.05) is 13.1 Å². The molecule has 4 nitrogen and oxygen atoms in total. The van der Waals surface area contributed by atoms with Crippen LogP contribution in [-0.4, -0.2) is 23.1 Å². The molecule has 1 aliphatic heterocycles. The zero-order chi connectivity index (χ0) is 9.80. The van der Waals surface area contributed by atoms with E-state index in [1.54, 1.807) is 12.4 Å². The molecule has 0 aromatic carbocycles. The third-order valence-electron chi connectivity index (χ3n) is 2.65. The van der Waals surface area contributed by atoms with Crippen LogP contribution in [0.4, 0.5) is 0 Å². The lowest BCUT2D eigenvalue weighted by atomic mass is 9.94. The molecule has 1 unspecified atom stereocenters. The van der Waals surface area contributed by atoms with Gasteiger partial charge in [0.2, 0.25) is 0 Å². The van der Waals surface area contributed by atoms with Crippen LogP contribution in [0, 0.1) is 5.92 Å². The summed E-state index contributed by atoms with van der Waals surface area (Å²) in [6.07, 6.45) is 6.97. The van der Waals surface area contributed by atoms with Crippen molar-refractivity contribution >= 4 is 0 Å². The molecular formula is C10H15N3O. The van der Waals surface area contributed by atoms with Crippen LogP contribution in [0.15, 0.2) is 17.2 Å². The lowest BCUT2D eigenvalue weighted by Crippen LogP contribution is -2.31. The van der Waals surface area contributed by atoms with Gasteiger partial charge in [-0.25, -0.2) is 9.78 Å². The van der Waals surface area contributed by atoms with E-state index in [9.17, 15) is 4.79 Å². The molecule has 0 aliphatic carbocycles. The standard InChI is InChI=1S/C10H15N3O/c14-10-12-6-9(7-13-10)4-8-2-1-3-11-5-8/h6-8,11H,1-5H2,(H,12,13,14). The van der Waals surface area contributed by atoms with Crippen molar-refractivity contribution in [3.63, 3.8) is 0 Å². The maximum Gasteiger partial charge on any atom is 0.344 e. The second-order valence-electron chi connectivity index (χ2n) is 3.84. The third kappa shape index (κ3) is 2.42. The SMILES string of the molecule is O=c1ncc(CC2CCCNC2)c[nH]1. The van der Waals surface area contributed by atoms with E-state index in [1.807, 2.05) is 0 Å². The van der Waals surface area contributed by atoms with Crippen LogP contribution < -0.4 is 11.0 Å². The Morgan fingerprint density at radius 3 is 3.14 bits per heavy atom. The van der Waals surface area contributed by atoms with E-state index in [0.29, 0.717) is 5.92 Å². The Labute approximate surface area is 82.8 Å². The molecular weight excluding hydrogens is 178 g/mol. The van der Waals surface area contributed by atoms with Gasteiger partial charge in [0, 0.05) is 12.4 Å². The Kier molecular flexibility index (Phi) is 2.93. The number of piperidine rings is 1. The number of nitrogens with one attached hydrogen (secondary N) is 2. The Morgan fingerprint density at radius 1 is 1.57 bits per heavy atom. The van der Waals surface area contributed by atoms with Gasteiger partial charge in [-0.05, 0) is 43.8 Å². The molecule has 1 aromatic rings. The Hall–Kier alpha value is -1.16. The lowest BCUT2D eigenvalue weighted by Gasteiger charge is -2.22. The van der Waals surface area contributed by atoms with Gasteiger partial charge in [0.15, 0.2) is 0 Å². The number of aromatic nitrogens is 2. The smallest absolute Gasteiger partial charge is 0.316 e.